The highest BCUT2D eigenvalue weighted by Crippen LogP contribution is 2.65. The van der Waals surface area contributed by atoms with E-state index in [1.165, 1.54) is 29.7 Å². The predicted molar refractivity (Wildman–Crippen MR) is 147 cm³/mol. The van der Waals surface area contributed by atoms with Crippen molar-refractivity contribution >= 4 is 5.69 Å². The van der Waals surface area contributed by atoms with Gasteiger partial charge in [-0.15, -0.1) is 0 Å². The van der Waals surface area contributed by atoms with Crippen LogP contribution in [0.3, 0.4) is 0 Å². The molecule has 2 fully saturated rings. The summed E-state index contributed by atoms with van der Waals surface area (Å²) in [6, 6.07) is 15.1. The summed E-state index contributed by atoms with van der Waals surface area (Å²) in [7, 11) is 7.48. The van der Waals surface area contributed by atoms with Gasteiger partial charge in [-0.2, -0.15) is 0 Å². The molecule has 0 radical (unpaired) electrons. The summed E-state index contributed by atoms with van der Waals surface area (Å²) in [6.45, 7) is 3.00. The van der Waals surface area contributed by atoms with E-state index in [1.54, 1.807) is 14.2 Å². The highest BCUT2D eigenvalue weighted by atomic mass is 16.7. The Morgan fingerprint density at radius 1 is 0.946 bits per heavy atom. The zero-order valence-electron chi connectivity index (χ0n) is 23.0. The number of ether oxygens (including phenoxy) is 4. The number of aryl methyl sites for hydroxylation is 1. The molecule has 0 heterocycles. The largest absolute Gasteiger partial charge is 0.468 e. The predicted octanol–water partition coefficient (Wildman–Crippen LogP) is 6.00. The van der Waals surface area contributed by atoms with Gasteiger partial charge in [-0.1, -0.05) is 24.8 Å². The second kappa shape index (κ2) is 10.7. The number of hydrogen-bond acceptors (Lipinski definition) is 5. The van der Waals surface area contributed by atoms with E-state index in [2.05, 4.69) is 80.2 Å². The minimum atomic E-state index is -0.489. The van der Waals surface area contributed by atoms with Crippen LogP contribution < -0.4 is 9.64 Å². The summed E-state index contributed by atoms with van der Waals surface area (Å²) in [5.74, 6) is 9.93. The van der Waals surface area contributed by atoms with Crippen molar-refractivity contribution in [3.05, 3.63) is 59.2 Å². The fraction of sp³-hybridized carbons (Fsp3) is 0.562. The van der Waals surface area contributed by atoms with E-state index in [4.69, 9.17) is 18.9 Å². The van der Waals surface area contributed by atoms with Crippen LogP contribution in [0.5, 0.6) is 5.75 Å². The SMILES string of the molecule is COCOc1ccc2c(c1)CCC1C2CC[C@@]2(C)C1CC[C@]2(C#Cc1ccc(N(C)C)cc1)OCOC. The van der Waals surface area contributed by atoms with Crippen molar-refractivity contribution < 1.29 is 18.9 Å². The Kier molecular flexibility index (Phi) is 7.54. The first-order chi connectivity index (χ1) is 17.9. The smallest absolute Gasteiger partial charge is 0.188 e. The molecule has 0 spiro atoms. The van der Waals surface area contributed by atoms with Crippen LogP contribution in [0.1, 0.15) is 61.6 Å². The van der Waals surface area contributed by atoms with Gasteiger partial charge in [-0.3, -0.25) is 0 Å². The van der Waals surface area contributed by atoms with Gasteiger partial charge in [-0.25, -0.2) is 0 Å². The summed E-state index contributed by atoms with van der Waals surface area (Å²) in [4.78, 5) is 2.11. The summed E-state index contributed by atoms with van der Waals surface area (Å²) in [6.07, 6.45) is 6.70. The molecule has 5 nitrogen and oxygen atoms in total. The van der Waals surface area contributed by atoms with Gasteiger partial charge in [0.15, 0.2) is 6.79 Å². The van der Waals surface area contributed by atoms with E-state index in [1.807, 2.05) is 0 Å². The van der Waals surface area contributed by atoms with Crippen LogP contribution in [-0.4, -0.2) is 47.5 Å². The molecule has 0 N–H and O–H groups in total. The van der Waals surface area contributed by atoms with Crippen LogP contribution in [0, 0.1) is 29.1 Å². The second-order valence-corrected chi connectivity index (χ2v) is 11.4. The van der Waals surface area contributed by atoms with Crippen LogP contribution in [-0.2, 0) is 20.6 Å². The van der Waals surface area contributed by atoms with Crippen molar-refractivity contribution in [2.24, 2.45) is 17.3 Å². The molecule has 5 atom stereocenters. The Labute approximate surface area is 222 Å². The number of anilines is 1. The molecule has 0 aromatic heterocycles. The Hall–Kier alpha value is -2.52. The molecule has 2 saturated carbocycles. The minimum Gasteiger partial charge on any atom is -0.468 e. The second-order valence-electron chi connectivity index (χ2n) is 11.4. The maximum absolute atomic E-state index is 6.57. The third-order valence-electron chi connectivity index (χ3n) is 9.38. The Balaban J connectivity index is 1.42. The molecule has 2 aromatic carbocycles. The van der Waals surface area contributed by atoms with Gasteiger partial charge < -0.3 is 23.8 Å². The van der Waals surface area contributed by atoms with Gasteiger partial charge >= 0.3 is 0 Å². The molecule has 0 aliphatic heterocycles. The topological polar surface area (TPSA) is 40.2 Å². The van der Waals surface area contributed by atoms with Crippen molar-refractivity contribution in [2.75, 3.05) is 46.8 Å². The third kappa shape index (κ3) is 4.76. The lowest BCUT2D eigenvalue weighted by Gasteiger charge is -2.53. The maximum Gasteiger partial charge on any atom is 0.188 e. The van der Waals surface area contributed by atoms with E-state index in [-0.39, 0.29) is 19.0 Å². The van der Waals surface area contributed by atoms with Crippen LogP contribution in [0.2, 0.25) is 0 Å². The molecule has 0 amide bonds. The monoisotopic (exact) mass is 503 g/mol. The normalized spacial score (nSPS) is 29.9. The summed E-state index contributed by atoms with van der Waals surface area (Å²) in [5, 5.41) is 0. The average molecular weight is 504 g/mol. The van der Waals surface area contributed by atoms with Crippen molar-refractivity contribution in [2.45, 2.75) is 57.0 Å². The lowest BCUT2D eigenvalue weighted by atomic mass is 9.53. The summed E-state index contributed by atoms with van der Waals surface area (Å²) < 4.78 is 22.8. The fourth-order valence-corrected chi connectivity index (χ4v) is 7.43. The number of hydrogen-bond donors (Lipinski definition) is 0. The first-order valence-electron chi connectivity index (χ1n) is 13.6. The fourth-order valence-electron chi connectivity index (χ4n) is 7.43. The van der Waals surface area contributed by atoms with Gasteiger partial charge in [0.05, 0.1) is 0 Å². The van der Waals surface area contributed by atoms with E-state index < -0.39 is 5.60 Å². The first-order valence-corrected chi connectivity index (χ1v) is 13.6. The maximum atomic E-state index is 6.57. The summed E-state index contributed by atoms with van der Waals surface area (Å²) >= 11 is 0. The Morgan fingerprint density at radius 3 is 2.46 bits per heavy atom. The molecule has 5 rings (SSSR count). The molecule has 3 aliphatic carbocycles. The number of methoxy groups -OCH3 is 2. The third-order valence-corrected chi connectivity index (χ3v) is 9.38. The molecule has 0 saturated heterocycles. The molecule has 2 aromatic rings. The molecule has 3 aliphatic rings. The van der Waals surface area contributed by atoms with Crippen molar-refractivity contribution in [3.8, 4) is 17.6 Å². The van der Waals surface area contributed by atoms with Gasteiger partial charge in [0.1, 0.15) is 18.1 Å². The highest BCUT2D eigenvalue weighted by molar-refractivity contribution is 5.50. The molecule has 3 unspecified atom stereocenters. The molecule has 37 heavy (non-hydrogen) atoms. The molecule has 198 valence electrons. The number of benzene rings is 2. The zero-order chi connectivity index (χ0) is 26.0. The molecule has 5 heteroatoms. The van der Waals surface area contributed by atoms with E-state index >= 15 is 0 Å². The number of nitrogens with zero attached hydrogens (tertiary/aromatic N) is 1. The molecular weight excluding hydrogens is 462 g/mol. The van der Waals surface area contributed by atoms with Crippen LogP contribution in [0.25, 0.3) is 0 Å². The molecule has 0 bridgehead atoms. The van der Waals surface area contributed by atoms with Gasteiger partial charge in [-0.05, 0) is 104 Å². The van der Waals surface area contributed by atoms with E-state index in [0.717, 1.165) is 37.0 Å². The number of rotatable bonds is 7. The van der Waals surface area contributed by atoms with Crippen molar-refractivity contribution in [1.82, 2.24) is 0 Å². The highest BCUT2D eigenvalue weighted by Gasteiger charge is 2.62. The van der Waals surface area contributed by atoms with Crippen LogP contribution in [0.4, 0.5) is 5.69 Å². The quantitative estimate of drug-likeness (QED) is 0.342. The van der Waals surface area contributed by atoms with Crippen molar-refractivity contribution in [1.29, 1.82) is 0 Å². The van der Waals surface area contributed by atoms with Gasteiger partial charge in [0.25, 0.3) is 0 Å². The lowest BCUT2D eigenvalue weighted by molar-refractivity contribution is -0.162. The van der Waals surface area contributed by atoms with Gasteiger partial charge in [0.2, 0.25) is 0 Å². The van der Waals surface area contributed by atoms with Gasteiger partial charge in [0, 0.05) is 45.0 Å². The zero-order valence-corrected chi connectivity index (χ0v) is 23.0. The Morgan fingerprint density at radius 2 is 1.73 bits per heavy atom. The average Bonchev–Trinajstić information content (AvgIpc) is 3.21. The minimum absolute atomic E-state index is 0.00228. The Bertz CT molecular complexity index is 1150. The first kappa shape index (κ1) is 26.1. The van der Waals surface area contributed by atoms with E-state index in [0.29, 0.717) is 17.8 Å². The van der Waals surface area contributed by atoms with Crippen molar-refractivity contribution in [3.63, 3.8) is 0 Å². The van der Waals surface area contributed by atoms with Crippen LogP contribution >= 0.6 is 0 Å². The summed E-state index contributed by atoms with van der Waals surface area (Å²) in [5.41, 5.74) is 4.69. The number of fused-ring (bicyclic) bond motifs is 5. The van der Waals surface area contributed by atoms with Crippen LogP contribution in [0.15, 0.2) is 42.5 Å². The standard InChI is InChI=1S/C32H41NO4/c1-31-17-15-28-27-13-11-26(36-21-34-4)20-24(27)8-12-29(28)30(31)16-19-32(31,37-22-35-5)18-14-23-6-9-25(10-7-23)33(2)3/h6-7,9-11,13,20,28-30H,8,12,15-17,19,21-22H2,1-5H3/t28?,29?,30?,31-,32-/m0/s1. The molecular formula is C32H41NO4. The van der Waals surface area contributed by atoms with E-state index in [9.17, 15) is 0 Å². The lowest BCUT2D eigenvalue weighted by Crippen LogP contribution is -2.51.